The number of rotatable bonds is 2. The molecule has 2 fully saturated rings. The van der Waals surface area contributed by atoms with Crippen molar-refractivity contribution >= 4 is 74.6 Å². The van der Waals surface area contributed by atoms with Gasteiger partial charge in [-0.25, -0.2) is 0 Å². The summed E-state index contributed by atoms with van der Waals surface area (Å²) in [5, 5.41) is 9.58. The van der Waals surface area contributed by atoms with Gasteiger partial charge < -0.3 is 32.9 Å². The zero-order chi connectivity index (χ0) is 47.2. The van der Waals surface area contributed by atoms with Gasteiger partial charge in [0.05, 0.1) is 37.6 Å². The summed E-state index contributed by atoms with van der Waals surface area (Å²) < 4.78 is 40.2. The molecular weight excluding hydrogens is 1060 g/mol. The number of carbonyl (C=O) groups excluding carboxylic acids is 7. The first-order chi connectivity index (χ1) is 31.1. The van der Waals surface area contributed by atoms with E-state index in [0.29, 0.717) is 60.0 Å². The number of benzene rings is 3. The molecule has 0 bridgehead atoms. The third-order valence-electron chi connectivity index (χ3n) is 10.4. The van der Waals surface area contributed by atoms with Gasteiger partial charge in [0.1, 0.15) is 10.2 Å². The molecule has 1 radical (unpaired) electrons. The van der Waals surface area contributed by atoms with Gasteiger partial charge in [0.25, 0.3) is 0 Å². The fraction of sp³-hybridized carbons (Fsp3) is 0.229. The Morgan fingerprint density at radius 1 is 0.612 bits per heavy atom. The molecule has 5 aliphatic rings. The van der Waals surface area contributed by atoms with E-state index in [1.165, 1.54) is 19.1 Å². The van der Waals surface area contributed by atoms with Gasteiger partial charge >= 0.3 is 19.8 Å². The van der Waals surface area contributed by atoms with E-state index in [1.54, 1.807) is 86.6 Å². The molecule has 0 saturated carbocycles. The summed E-state index contributed by atoms with van der Waals surface area (Å²) in [6, 6.07) is 22.7. The van der Waals surface area contributed by atoms with Crippen LogP contribution < -0.4 is 0 Å². The molecule has 5 aromatic rings. The monoisotopic (exact) mass is 1090 g/mol. The van der Waals surface area contributed by atoms with Gasteiger partial charge in [0.2, 0.25) is 34.7 Å². The summed E-state index contributed by atoms with van der Waals surface area (Å²) in [6.45, 7) is 7.33. The maximum atomic E-state index is 12.6. The van der Waals surface area contributed by atoms with Crippen LogP contribution in [0, 0.1) is 12.3 Å². The zero-order valence-corrected chi connectivity index (χ0v) is 39.7. The number of ether oxygens (including phenoxy) is 4. The van der Waals surface area contributed by atoms with Crippen LogP contribution in [0.3, 0.4) is 0 Å². The van der Waals surface area contributed by atoms with Gasteiger partial charge in [0.15, 0.2) is 40.4 Å². The zero-order valence-electron chi connectivity index (χ0n) is 35.5. The SMILES string of the molecule is C#CC1(C)OCCCO1.CC(=O)c1cc2c(o1)C(=O)c1ccccc1C2=O.CC1(c2cc3c(o2)C(=O)c2ccccc2C3=O)OCCCO1.Cl.O=C1C(=O)c2ccccc2C(O)=C1Br.[Cu].[O]=[Cu]. The van der Waals surface area contributed by atoms with Crippen molar-refractivity contribution in [3.05, 3.63) is 157 Å². The van der Waals surface area contributed by atoms with Gasteiger partial charge in [-0.05, 0) is 53.7 Å². The van der Waals surface area contributed by atoms with Crippen molar-refractivity contribution in [2.24, 2.45) is 0 Å². The molecule has 1 N–H and O–H groups in total. The van der Waals surface area contributed by atoms with Crippen molar-refractivity contribution in [2.45, 2.75) is 45.2 Å². The Hall–Kier alpha value is -5.54. The number of Topliss-reactive ketones (excluding diaryl/α,β-unsaturated/α-hetero) is 3. The first-order valence-electron chi connectivity index (χ1n) is 19.7. The number of terminal acetylenes is 1. The Morgan fingerprint density at radius 2 is 1.00 bits per heavy atom. The molecule has 2 saturated heterocycles. The van der Waals surface area contributed by atoms with E-state index >= 15 is 0 Å². The van der Waals surface area contributed by atoms with E-state index < -0.39 is 23.1 Å². The molecule has 2 aliphatic heterocycles. The van der Waals surface area contributed by atoms with Crippen LogP contribution in [0.5, 0.6) is 0 Å². The first kappa shape index (κ1) is 54.1. The average Bonchev–Trinajstić information content (AvgIpc) is 4.01. The van der Waals surface area contributed by atoms with E-state index in [-0.39, 0.29) is 103 Å². The van der Waals surface area contributed by atoms with Crippen LogP contribution in [-0.2, 0) is 66.4 Å². The van der Waals surface area contributed by atoms with Crippen molar-refractivity contribution in [1.82, 2.24) is 0 Å². The second kappa shape index (κ2) is 23.0. The Balaban J connectivity index is 0.000000198. The maximum absolute atomic E-state index is 12.6. The number of hydrogen-bond donors (Lipinski definition) is 1. The van der Waals surface area contributed by atoms with Crippen molar-refractivity contribution < 1.29 is 103 Å². The summed E-state index contributed by atoms with van der Waals surface area (Å²) in [7, 11) is 0. The van der Waals surface area contributed by atoms with E-state index in [1.807, 2.05) is 0 Å². The van der Waals surface area contributed by atoms with Gasteiger partial charge in [-0.2, -0.15) is 0 Å². The molecule has 0 unspecified atom stereocenters. The molecule has 0 atom stereocenters. The first-order valence-corrected chi connectivity index (χ1v) is 20.9. The Labute approximate surface area is 416 Å². The second-order valence-corrected chi connectivity index (χ2v) is 15.5. The standard InChI is InChI=1S/C17H14O5.C14H8O4.C10H5BrO3.C7H10O2.ClH.2Cu.O/c1-17(20-7-4-8-21-17)13-9-12-14(18)10-5-2-3-6-11(10)15(19)16(12)22-13;1-7(15)11-6-10-12(16)8-4-2-3-5-9(8)13(17)14(10)18-11;11-7-8(12)5-3-1-2-4-6(5)9(13)10(7)14;1-3-7(2)8-5-4-6-9-7;;;;/h2-3,5-6,9H,4,7-8H2,1H3;2-6H,1H3;1-4,12H;1H,4-6H2,2H3;1H;;;. The Morgan fingerprint density at radius 3 is 1.43 bits per heavy atom. The Kier molecular flexibility index (Phi) is 18.5. The predicted octanol–water partition coefficient (Wildman–Crippen LogP) is 8.07. The molecular formula is C48H38BrClCu2O15. The van der Waals surface area contributed by atoms with Gasteiger partial charge in [-0.15, -0.1) is 18.8 Å². The van der Waals surface area contributed by atoms with Crippen LogP contribution in [0.25, 0.3) is 5.76 Å². The van der Waals surface area contributed by atoms with E-state index in [0.717, 1.165) is 12.8 Å². The fourth-order valence-corrected chi connectivity index (χ4v) is 7.37. The second-order valence-electron chi connectivity index (χ2n) is 14.7. The van der Waals surface area contributed by atoms with Crippen LogP contribution in [-0.4, -0.2) is 77.8 Å². The third kappa shape index (κ3) is 11.1. The summed E-state index contributed by atoms with van der Waals surface area (Å²) in [6.07, 6.45) is 6.88. The number of aliphatic hydroxyl groups is 1. The van der Waals surface area contributed by atoms with Gasteiger partial charge in [-0.3, -0.25) is 33.6 Å². The fourth-order valence-electron chi connectivity index (χ4n) is 6.98. The number of ketones is 7. The van der Waals surface area contributed by atoms with Crippen LogP contribution in [0.2, 0.25) is 0 Å². The summed E-state index contributed by atoms with van der Waals surface area (Å²) in [4.78, 5) is 83.3. The van der Waals surface area contributed by atoms with E-state index in [2.05, 4.69) is 37.8 Å². The number of fused-ring (bicyclic) bond motifs is 5. The van der Waals surface area contributed by atoms with Crippen molar-refractivity contribution in [1.29, 1.82) is 0 Å². The molecule has 356 valence electrons. The number of allylic oxidation sites excluding steroid dienone is 1. The molecule has 3 aromatic carbocycles. The summed E-state index contributed by atoms with van der Waals surface area (Å²) in [5.41, 5.74) is 2.54. The minimum absolute atomic E-state index is 0. The predicted molar refractivity (Wildman–Crippen MR) is 234 cm³/mol. The van der Waals surface area contributed by atoms with Gasteiger partial charge in [-0.1, -0.05) is 72.8 Å². The number of carbonyl (C=O) groups is 7. The minimum atomic E-state index is -1.05. The number of halogens is 2. The van der Waals surface area contributed by atoms with E-state index in [4.69, 9.17) is 38.0 Å². The van der Waals surface area contributed by atoms with Gasteiger partial charge in [0, 0.05) is 64.3 Å². The van der Waals surface area contributed by atoms with E-state index in [9.17, 15) is 38.7 Å². The molecule has 4 heterocycles. The quantitative estimate of drug-likeness (QED) is 0.0749. The third-order valence-corrected chi connectivity index (χ3v) is 11.1. The average molecular weight is 1100 g/mol. The normalized spacial score (nSPS) is 16.7. The summed E-state index contributed by atoms with van der Waals surface area (Å²) >= 11 is 5.83. The molecule has 15 nitrogen and oxygen atoms in total. The Bertz CT molecular complexity index is 2730. The molecule has 2 aromatic heterocycles. The molecule has 0 spiro atoms. The number of furan rings is 2. The molecule has 67 heavy (non-hydrogen) atoms. The topological polar surface area (TPSA) is 220 Å². The number of hydrogen-bond acceptors (Lipinski definition) is 15. The van der Waals surface area contributed by atoms with Crippen molar-refractivity contribution in [2.75, 3.05) is 26.4 Å². The molecule has 0 amide bonds. The molecule has 3 aliphatic carbocycles. The van der Waals surface area contributed by atoms with Crippen LogP contribution in [0.1, 0.15) is 130 Å². The molecule has 10 rings (SSSR count). The number of aliphatic hydroxyl groups excluding tert-OH is 1. The molecule has 19 heteroatoms. The van der Waals surface area contributed by atoms with Crippen molar-refractivity contribution in [3.63, 3.8) is 0 Å². The summed E-state index contributed by atoms with van der Waals surface area (Å²) in [5.74, 6) is -1.86. The van der Waals surface area contributed by atoms with Crippen LogP contribution in [0.15, 0.2) is 98.2 Å². The van der Waals surface area contributed by atoms with Crippen LogP contribution >= 0.6 is 28.3 Å². The van der Waals surface area contributed by atoms with Crippen molar-refractivity contribution in [3.8, 4) is 12.3 Å². The van der Waals surface area contributed by atoms with Crippen LogP contribution in [0.4, 0.5) is 0 Å².